The Bertz CT molecular complexity index is 594. The maximum Gasteiger partial charge on any atom is 0.308 e. The van der Waals surface area contributed by atoms with Crippen molar-refractivity contribution in [2.24, 2.45) is 35.5 Å². The van der Waals surface area contributed by atoms with Gasteiger partial charge in [-0.25, -0.2) is 0 Å². The van der Waals surface area contributed by atoms with E-state index in [1.54, 1.807) is 13.8 Å². The maximum atomic E-state index is 12.5. The lowest BCUT2D eigenvalue weighted by molar-refractivity contribution is -0.153. The van der Waals surface area contributed by atoms with Crippen molar-refractivity contribution in [3.05, 3.63) is 0 Å². The van der Waals surface area contributed by atoms with Gasteiger partial charge in [0.15, 0.2) is 0 Å². The summed E-state index contributed by atoms with van der Waals surface area (Å²) in [6, 6.07) is 0. The number of ether oxygens (including phenoxy) is 2. The van der Waals surface area contributed by atoms with Crippen molar-refractivity contribution in [1.82, 2.24) is 0 Å². The molecule has 0 aliphatic heterocycles. The van der Waals surface area contributed by atoms with Gasteiger partial charge >= 0.3 is 11.9 Å². The van der Waals surface area contributed by atoms with Crippen molar-refractivity contribution in [3.63, 3.8) is 0 Å². The molecule has 5 unspecified atom stereocenters. The Balaban J connectivity index is 5.34. The zero-order valence-corrected chi connectivity index (χ0v) is 19.5. The fraction of sp³-hybridized carbons (Fsp3) is 0.900. The molecule has 0 radical (unpaired) electrons. The first kappa shape index (κ1) is 27.8. The van der Waals surface area contributed by atoms with Crippen LogP contribution in [-0.4, -0.2) is 39.3 Å². The van der Waals surface area contributed by atoms with Gasteiger partial charge in [0.2, 0.25) is 0 Å². The van der Waals surface area contributed by atoms with E-state index in [9.17, 15) is 18.0 Å². The van der Waals surface area contributed by atoms with E-state index in [0.717, 1.165) is 0 Å². The average molecular weight is 438 g/mol. The van der Waals surface area contributed by atoms with Crippen molar-refractivity contribution in [1.29, 1.82) is 0 Å². The molecule has 0 aliphatic rings. The van der Waals surface area contributed by atoms with E-state index < -0.39 is 16.0 Å². The molecule has 9 heteroatoms. The Kier molecular flexibility index (Phi) is 13.4. The van der Waals surface area contributed by atoms with Gasteiger partial charge in [-0.1, -0.05) is 34.1 Å². The van der Waals surface area contributed by atoms with Crippen molar-refractivity contribution in [3.8, 4) is 0 Å². The lowest BCUT2D eigenvalue weighted by Gasteiger charge is -2.30. The van der Waals surface area contributed by atoms with E-state index in [-0.39, 0.29) is 48.0 Å². The van der Waals surface area contributed by atoms with Crippen molar-refractivity contribution in [2.75, 3.05) is 19.0 Å². The Labute approximate surface area is 175 Å². The van der Waals surface area contributed by atoms with E-state index in [1.807, 2.05) is 27.7 Å². The number of hydrogen-bond acceptors (Lipinski definition) is 8. The number of rotatable bonds is 15. The lowest BCUT2D eigenvalue weighted by Crippen LogP contribution is -2.31. The van der Waals surface area contributed by atoms with Gasteiger partial charge in [-0.15, -0.1) is 0 Å². The molecule has 0 aromatic heterocycles. The quantitative estimate of drug-likeness (QED) is 0.306. The zero-order valence-electron chi connectivity index (χ0n) is 18.7. The first-order valence-corrected chi connectivity index (χ1v) is 12.1. The highest BCUT2D eigenvalue weighted by Crippen LogP contribution is 2.32. The Morgan fingerprint density at radius 3 is 1.79 bits per heavy atom. The highest BCUT2D eigenvalue weighted by Gasteiger charge is 2.33. The molecular weight excluding hydrogens is 398 g/mol. The van der Waals surface area contributed by atoms with Gasteiger partial charge in [0, 0.05) is 0 Å². The third kappa shape index (κ3) is 9.91. The molecule has 8 nitrogen and oxygen atoms in total. The van der Waals surface area contributed by atoms with Crippen LogP contribution in [-0.2, 0) is 33.5 Å². The number of nitrogens with two attached hydrogens (primary N) is 1. The molecule has 0 bridgehead atoms. The van der Waals surface area contributed by atoms with Crippen LogP contribution in [0.5, 0.6) is 0 Å². The molecule has 0 rings (SSSR count). The molecule has 0 aliphatic carbocycles. The molecule has 172 valence electrons. The largest absolute Gasteiger partial charge is 0.466 e. The fourth-order valence-corrected chi connectivity index (χ4v) is 4.80. The second-order valence-electron chi connectivity index (χ2n) is 7.60. The predicted molar refractivity (Wildman–Crippen MR) is 111 cm³/mol. The standard InChI is InChI=1S/C20H39NO7S/c1-7-16(19(22)26-9-3)12-18(20(23)27-10-4)11-14(5)15(6)17(8-2)13-29(24,25)28-21/h14-18H,7-13,21H2,1-6H3. The second kappa shape index (κ2) is 13.9. The summed E-state index contributed by atoms with van der Waals surface area (Å²) in [5.41, 5.74) is 0. The Morgan fingerprint density at radius 2 is 1.38 bits per heavy atom. The first-order valence-electron chi connectivity index (χ1n) is 10.5. The van der Waals surface area contributed by atoms with E-state index in [0.29, 0.717) is 32.3 Å². The number of esters is 2. The molecule has 29 heavy (non-hydrogen) atoms. The van der Waals surface area contributed by atoms with Crippen LogP contribution in [0.4, 0.5) is 0 Å². The molecule has 5 atom stereocenters. The van der Waals surface area contributed by atoms with Gasteiger partial charge in [0.25, 0.3) is 10.1 Å². The zero-order chi connectivity index (χ0) is 22.6. The van der Waals surface area contributed by atoms with Crippen LogP contribution in [0.3, 0.4) is 0 Å². The van der Waals surface area contributed by atoms with Gasteiger partial charge in [-0.2, -0.15) is 18.6 Å². The van der Waals surface area contributed by atoms with Crippen LogP contribution < -0.4 is 5.90 Å². The summed E-state index contributed by atoms with van der Waals surface area (Å²) in [4.78, 5) is 24.7. The predicted octanol–water partition coefficient (Wildman–Crippen LogP) is 3.05. The number of carbonyl (C=O) groups excluding carboxylic acids is 2. The minimum Gasteiger partial charge on any atom is -0.466 e. The summed E-state index contributed by atoms with van der Waals surface area (Å²) < 4.78 is 38.0. The first-order chi connectivity index (χ1) is 13.6. The topological polar surface area (TPSA) is 122 Å². The van der Waals surface area contributed by atoms with Crippen molar-refractivity contribution in [2.45, 2.75) is 67.2 Å². The molecule has 0 aromatic carbocycles. The van der Waals surface area contributed by atoms with Gasteiger partial charge in [-0.05, 0) is 50.9 Å². The summed E-state index contributed by atoms with van der Waals surface area (Å²) in [6.45, 7) is 11.8. The third-order valence-electron chi connectivity index (χ3n) is 5.69. The Morgan fingerprint density at radius 1 is 0.862 bits per heavy atom. The molecule has 2 N–H and O–H groups in total. The summed E-state index contributed by atoms with van der Waals surface area (Å²) in [6.07, 6.45) is 2.06. The maximum absolute atomic E-state index is 12.5. The number of carbonyl (C=O) groups is 2. The smallest absolute Gasteiger partial charge is 0.308 e. The fourth-order valence-electron chi connectivity index (χ4n) is 3.65. The number of hydrogen-bond donors (Lipinski definition) is 1. The van der Waals surface area contributed by atoms with E-state index in [4.69, 9.17) is 15.4 Å². The lowest BCUT2D eigenvalue weighted by atomic mass is 9.77. The average Bonchev–Trinajstić information content (AvgIpc) is 2.68. The molecule has 0 amide bonds. The normalized spacial score (nSPS) is 17.1. The van der Waals surface area contributed by atoms with E-state index in [2.05, 4.69) is 4.28 Å². The highest BCUT2D eigenvalue weighted by molar-refractivity contribution is 7.86. The molecule has 0 fully saturated rings. The van der Waals surface area contributed by atoms with Crippen LogP contribution in [0.15, 0.2) is 0 Å². The Hall–Kier alpha value is -1.19. The third-order valence-corrected chi connectivity index (χ3v) is 6.82. The van der Waals surface area contributed by atoms with Crippen LogP contribution in [0.25, 0.3) is 0 Å². The molecule has 0 saturated heterocycles. The summed E-state index contributed by atoms with van der Waals surface area (Å²) in [5, 5.41) is 0. The van der Waals surface area contributed by atoms with Crippen molar-refractivity contribution >= 4 is 22.1 Å². The second-order valence-corrected chi connectivity index (χ2v) is 9.24. The van der Waals surface area contributed by atoms with Crippen molar-refractivity contribution < 1.29 is 31.8 Å². The summed E-state index contributed by atoms with van der Waals surface area (Å²) in [7, 11) is -3.78. The van der Waals surface area contributed by atoms with Gasteiger partial charge < -0.3 is 9.47 Å². The minimum absolute atomic E-state index is 0.00419. The molecular formula is C20H39NO7S. The van der Waals surface area contributed by atoms with Gasteiger partial charge in [-0.3, -0.25) is 9.59 Å². The van der Waals surface area contributed by atoms with Gasteiger partial charge in [0.05, 0.1) is 30.8 Å². The molecule has 0 aromatic rings. The monoisotopic (exact) mass is 437 g/mol. The highest BCUT2D eigenvalue weighted by atomic mass is 32.2. The van der Waals surface area contributed by atoms with E-state index >= 15 is 0 Å². The molecule has 0 saturated carbocycles. The SMILES string of the molecule is CCOC(=O)C(CC)CC(CC(C)C(C)C(CC)CS(=O)(=O)ON)C(=O)OCC. The van der Waals surface area contributed by atoms with E-state index in [1.165, 1.54) is 0 Å². The summed E-state index contributed by atoms with van der Waals surface area (Å²) in [5.74, 6) is 3.11. The molecule has 0 spiro atoms. The van der Waals surface area contributed by atoms with Crippen LogP contribution in [0.1, 0.15) is 67.2 Å². The van der Waals surface area contributed by atoms with Gasteiger partial charge in [0.1, 0.15) is 0 Å². The molecule has 0 heterocycles. The minimum atomic E-state index is -3.78. The van der Waals surface area contributed by atoms with Crippen LogP contribution in [0, 0.1) is 29.6 Å². The van der Waals surface area contributed by atoms with Crippen LogP contribution in [0.2, 0.25) is 0 Å². The summed E-state index contributed by atoms with van der Waals surface area (Å²) >= 11 is 0. The van der Waals surface area contributed by atoms with Crippen LogP contribution >= 0.6 is 0 Å².